The van der Waals surface area contributed by atoms with E-state index in [-0.39, 0.29) is 0 Å². The van der Waals surface area contributed by atoms with Crippen LogP contribution >= 0.6 is 34.0 Å². The number of furan rings is 3. The molecule has 0 amide bonds. The van der Waals surface area contributed by atoms with Crippen LogP contribution in [0.5, 0.6) is 0 Å². The molecule has 0 spiro atoms. The minimum absolute atomic E-state index is 0.478. The summed E-state index contributed by atoms with van der Waals surface area (Å²) in [6.45, 7) is 20.0. The van der Waals surface area contributed by atoms with E-state index in [2.05, 4.69) is 190 Å². The Morgan fingerprint density at radius 2 is 0.810 bits per heavy atom. The Morgan fingerprint density at radius 3 is 1.39 bits per heavy atom. The van der Waals surface area contributed by atoms with Crippen molar-refractivity contribution in [2.45, 2.75) is 69.2 Å². The number of aryl methyl sites for hydroxylation is 15. The van der Waals surface area contributed by atoms with Gasteiger partial charge in [0, 0.05) is 95.9 Å². The number of thiophene rings is 2. The Hall–Kier alpha value is -12.1. The van der Waals surface area contributed by atoms with Crippen LogP contribution in [0, 0.1) is 69.2 Å². The van der Waals surface area contributed by atoms with Gasteiger partial charge in [-0.15, -0.1) is 22.7 Å². The number of aromatic nitrogens is 13. The van der Waals surface area contributed by atoms with Crippen molar-refractivity contribution in [2.75, 3.05) is 0 Å². The van der Waals surface area contributed by atoms with Gasteiger partial charge in [0.25, 0.3) is 24.7 Å². The first-order chi connectivity index (χ1) is 50.7. The summed E-state index contributed by atoms with van der Waals surface area (Å²) in [5.41, 5.74) is 24.8. The normalized spacial score (nSPS) is 11.6. The molecule has 15 heterocycles. The Bertz CT molecular complexity index is 6250. The summed E-state index contributed by atoms with van der Waals surface area (Å²) in [5.74, 6) is 3.54. The van der Waals surface area contributed by atoms with Gasteiger partial charge in [0.1, 0.15) is 70.4 Å². The number of hydrogen-bond acceptors (Lipinski definition) is 18. The topological polar surface area (TPSA) is 214 Å². The lowest BCUT2D eigenvalue weighted by Gasteiger charge is -2.06. The molecule has 0 radical (unpaired) electrons. The van der Waals surface area contributed by atoms with E-state index >= 15 is 0 Å². The predicted molar refractivity (Wildman–Crippen MR) is 410 cm³/mol. The van der Waals surface area contributed by atoms with E-state index in [9.17, 15) is 0 Å². The van der Waals surface area contributed by atoms with Crippen molar-refractivity contribution in [3.63, 3.8) is 0 Å². The van der Waals surface area contributed by atoms with Crippen LogP contribution < -0.4 is 22.8 Å². The van der Waals surface area contributed by atoms with Crippen LogP contribution in [-0.4, -0.2) is 39.9 Å². The highest BCUT2D eigenvalue weighted by atomic mass is 32.2. The quantitative estimate of drug-likeness (QED) is 0.147. The highest BCUT2D eigenvalue weighted by Crippen LogP contribution is 2.43. The van der Waals surface area contributed by atoms with Crippen molar-refractivity contribution in [3.05, 3.63) is 222 Å². The SMILES string of the molecule is Cc1nc2c(o1)oc1c(-c3ccnc[n+]3C)c(C)ccc12.Cc1nc2c(o1)oc1cc(-c3ccnc[n+]3C)c(C)cc12.Cc1nc2c(o1)sc1cc(-c3cccc[n+]3C)c(C)cc12.Cc1nc2c(s1)sc1cc(-c3cccc[n+]3C)c(C)cc12.Cc1nc2oc3c(-c4ccnc[n+]4C)c(C)ccc3c2o1. The smallest absolute Gasteiger partial charge is 0.319 e. The van der Waals surface area contributed by atoms with E-state index in [1.807, 2.05) is 116 Å². The number of hydrogen-bond donors (Lipinski definition) is 0. The molecule has 0 aliphatic rings. The van der Waals surface area contributed by atoms with Gasteiger partial charge < -0.3 is 30.9 Å². The van der Waals surface area contributed by atoms with E-state index in [0.717, 1.165) is 116 Å². The van der Waals surface area contributed by atoms with Crippen LogP contribution in [-0.2, 0) is 35.2 Å². The number of oxazole rings is 4. The fourth-order valence-electron chi connectivity index (χ4n) is 13.7. The molecule has 0 fully saturated rings. The van der Waals surface area contributed by atoms with Gasteiger partial charge in [-0.25, -0.2) is 42.8 Å². The van der Waals surface area contributed by atoms with Gasteiger partial charge in [-0.05, 0) is 130 Å². The van der Waals surface area contributed by atoms with Gasteiger partial charge in [-0.3, -0.25) is 0 Å². The first-order valence-corrected chi connectivity index (χ1v) is 36.4. The van der Waals surface area contributed by atoms with Gasteiger partial charge in [0.05, 0.1) is 64.6 Å². The summed E-state index contributed by atoms with van der Waals surface area (Å²) in [5, 5.41) is 6.53. The van der Waals surface area contributed by atoms with Crippen LogP contribution in [0.4, 0.5) is 0 Å². The standard InChI is InChI=1S/C17H15N2OS.C17H15N2S2.3C16H14N3O2/c2*1-10-8-13-15(21-17-16(13)18-11(2)20-17)9-12(10)14-6-4-5-7-19(14)3;1-9-6-12-14(21-16-15(12)18-10(2)20-16)7-11(9)13-4-5-17-8-19(13)3;1-9-4-5-11-14-16(20-10(2)18-14)21-15(11)13(9)12-6-7-17-8-19(12)3;1-9-4-5-11-14(21-16-15(11)20-10(2)18-16)13(9)12-6-7-17-8-19(12)3/h2*4-9H,1-3H3;3*4-8H,1-3H3/q5*+1. The zero-order valence-corrected chi connectivity index (χ0v) is 62.9. The molecule has 0 unspecified atom stereocenters. The Kier molecular flexibility index (Phi) is 17.3. The largest absolute Gasteiger partial charge is 0.437 e. The molecule has 5 aromatic carbocycles. The Balaban J connectivity index is 0.000000101. The van der Waals surface area contributed by atoms with Gasteiger partial charge in [-0.2, -0.15) is 4.98 Å². The second kappa shape index (κ2) is 27.0. The highest BCUT2D eigenvalue weighted by molar-refractivity contribution is 7.41. The van der Waals surface area contributed by atoms with Gasteiger partial charge >= 0.3 is 11.6 Å². The van der Waals surface area contributed by atoms with E-state index in [0.29, 0.717) is 40.5 Å². The summed E-state index contributed by atoms with van der Waals surface area (Å²) in [6.07, 6.45) is 14.9. The van der Waals surface area contributed by atoms with E-state index in [4.69, 9.17) is 30.9 Å². The summed E-state index contributed by atoms with van der Waals surface area (Å²) in [6, 6.07) is 39.9. The fraction of sp³-hybridized carbons (Fsp3) is 0.183. The fourth-order valence-corrected chi connectivity index (χ4v) is 17.1. The van der Waals surface area contributed by atoms with Crippen molar-refractivity contribution in [3.8, 4) is 56.3 Å². The molecule has 20 rings (SSSR count). The van der Waals surface area contributed by atoms with E-state index < -0.39 is 0 Å². The minimum atomic E-state index is 0.478. The molecule has 0 aliphatic heterocycles. The molecule has 520 valence electrons. The number of thiazole rings is 1. The summed E-state index contributed by atoms with van der Waals surface area (Å²) < 4.78 is 54.1. The van der Waals surface area contributed by atoms with Gasteiger partial charge in [0.15, 0.2) is 58.2 Å². The Morgan fingerprint density at radius 1 is 0.333 bits per heavy atom. The monoisotopic (exact) mass is 1450 g/mol. The molecule has 23 heteroatoms. The molecule has 0 atom stereocenters. The maximum Gasteiger partial charge on any atom is 0.319 e. The number of benzene rings is 5. The van der Waals surface area contributed by atoms with Crippen LogP contribution in [0.3, 0.4) is 0 Å². The molecule has 15 aromatic heterocycles. The first-order valence-electron chi connectivity index (χ1n) is 34.0. The predicted octanol–water partition coefficient (Wildman–Crippen LogP) is 18.0. The number of fused-ring (bicyclic) bond motifs is 15. The maximum absolute atomic E-state index is 5.96. The lowest BCUT2D eigenvalue weighted by Crippen LogP contribution is -2.31. The van der Waals surface area contributed by atoms with Crippen LogP contribution in [0.25, 0.3) is 163 Å². The average Bonchev–Trinajstić information content (AvgIpc) is 1.49. The molecule has 0 saturated carbocycles. The second-order valence-corrected chi connectivity index (χ2v) is 29.8. The van der Waals surface area contributed by atoms with Gasteiger partial charge in [-0.1, -0.05) is 38.4 Å². The van der Waals surface area contributed by atoms with Crippen molar-refractivity contribution in [1.82, 2.24) is 39.9 Å². The van der Waals surface area contributed by atoms with Crippen molar-refractivity contribution >= 4 is 141 Å². The molecular weight excluding hydrogens is 1380 g/mol. The average molecular weight is 1450 g/mol. The molecular formula is C82H72N13O7S3+5. The molecule has 20 nitrogen and oxygen atoms in total. The third-order valence-electron chi connectivity index (χ3n) is 18.8. The lowest BCUT2D eigenvalue weighted by molar-refractivity contribution is -0.663. The van der Waals surface area contributed by atoms with E-state index in [1.165, 1.54) is 63.3 Å². The van der Waals surface area contributed by atoms with Crippen LogP contribution in [0.15, 0.2) is 196 Å². The number of rotatable bonds is 5. The van der Waals surface area contributed by atoms with Crippen LogP contribution in [0.1, 0.15) is 56.4 Å². The minimum Gasteiger partial charge on any atom is -0.437 e. The van der Waals surface area contributed by atoms with Gasteiger partial charge in [0.2, 0.25) is 21.9 Å². The van der Waals surface area contributed by atoms with E-state index in [1.54, 1.807) is 60.2 Å². The van der Waals surface area contributed by atoms with Crippen molar-refractivity contribution in [1.29, 1.82) is 0 Å². The second-order valence-electron chi connectivity index (χ2n) is 26.2. The third kappa shape index (κ3) is 12.4. The third-order valence-corrected chi connectivity index (χ3v) is 22.0. The molecule has 0 bridgehead atoms. The first kappa shape index (κ1) is 67.4. The lowest BCUT2D eigenvalue weighted by atomic mass is 10.0. The van der Waals surface area contributed by atoms with Crippen molar-refractivity contribution < 1.29 is 53.8 Å². The summed E-state index contributed by atoms with van der Waals surface area (Å²) in [7, 11) is 10.1. The maximum atomic E-state index is 5.96. The molecule has 0 aliphatic carbocycles. The van der Waals surface area contributed by atoms with Crippen molar-refractivity contribution in [2.24, 2.45) is 35.2 Å². The molecule has 0 N–H and O–H groups in total. The zero-order valence-electron chi connectivity index (χ0n) is 60.5. The highest BCUT2D eigenvalue weighted by Gasteiger charge is 2.26. The summed E-state index contributed by atoms with van der Waals surface area (Å²) >= 11 is 5.31. The molecule has 105 heavy (non-hydrogen) atoms. The van der Waals surface area contributed by atoms with Crippen LogP contribution in [0.2, 0.25) is 0 Å². The number of pyridine rings is 2. The summed E-state index contributed by atoms with van der Waals surface area (Å²) in [4.78, 5) is 35.5. The molecule has 20 aromatic rings. The Labute approximate surface area is 613 Å². The molecule has 0 saturated heterocycles. The zero-order chi connectivity index (χ0) is 72.8. The number of nitrogens with zero attached hydrogens (tertiary/aromatic N) is 13.